The van der Waals surface area contributed by atoms with E-state index < -0.39 is 0 Å². The zero-order valence-electron chi connectivity index (χ0n) is 11.4. The van der Waals surface area contributed by atoms with E-state index >= 15 is 0 Å². The first kappa shape index (κ1) is 13.4. The standard InChI is InChI=1S/C15H20FN3O/c16-12-5-7-13(8-6-12)17-18-15(20)14-2-1-9-19(14)10-11-3-4-11/h5-8,11,14,17H,1-4,9-10H2,(H,18,20)/t14-/m0/s1. The second-order valence-corrected chi connectivity index (χ2v) is 5.72. The first-order valence-electron chi connectivity index (χ1n) is 7.28. The summed E-state index contributed by atoms with van der Waals surface area (Å²) in [7, 11) is 0. The van der Waals surface area contributed by atoms with Crippen molar-refractivity contribution in [2.24, 2.45) is 5.92 Å². The molecule has 20 heavy (non-hydrogen) atoms. The Kier molecular flexibility index (Phi) is 3.87. The summed E-state index contributed by atoms with van der Waals surface area (Å²) in [6.45, 7) is 2.07. The van der Waals surface area contributed by atoms with Gasteiger partial charge in [0.1, 0.15) is 5.82 Å². The first-order valence-corrected chi connectivity index (χ1v) is 7.28. The lowest BCUT2D eigenvalue weighted by molar-refractivity contribution is -0.125. The molecule has 2 N–H and O–H groups in total. The lowest BCUT2D eigenvalue weighted by Crippen LogP contribution is -2.45. The van der Waals surface area contributed by atoms with E-state index in [1.807, 2.05) is 0 Å². The van der Waals surface area contributed by atoms with Crippen molar-refractivity contribution in [2.45, 2.75) is 31.7 Å². The monoisotopic (exact) mass is 277 g/mol. The molecule has 108 valence electrons. The highest BCUT2D eigenvalue weighted by Crippen LogP contribution is 2.32. The van der Waals surface area contributed by atoms with Crippen LogP contribution in [0, 0.1) is 11.7 Å². The van der Waals surface area contributed by atoms with Crippen molar-refractivity contribution >= 4 is 11.6 Å². The normalized spacial score (nSPS) is 22.8. The molecule has 3 rings (SSSR count). The molecule has 0 aromatic heterocycles. The van der Waals surface area contributed by atoms with E-state index in [0.717, 1.165) is 31.8 Å². The van der Waals surface area contributed by atoms with E-state index in [-0.39, 0.29) is 17.8 Å². The molecule has 4 nitrogen and oxygen atoms in total. The van der Waals surface area contributed by atoms with Crippen molar-refractivity contribution in [1.29, 1.82) is 0 Å². The minimum absolute atomic E-state index is 0.00692. The fourth-order valence-corrected chi connectivity index (χ4v) is 2.72. The number of amides is 1. The van der Waals surface area contributed by atoms with Crippen LogP contribution < -0.4 is 10.9 Å². The maximum atomic E-state index is 12.8. The molecule has 2 fully saturated rings. The number of hydrogen-bond donors (Lipinski definition) is 2. The molecular weight excluding hydrogens is 257 g/mol. The second-order valence-electron chi connectivity index (χ2n) is 5.72. The van der Waals surface area contributed by atoms with Gasteiger partial charge in [0.05, 0.1) is 11.7 Å². The summed E-state index contributed by atoms with van der Waals surface area (Å²) in [6, 6.07) is 5.91. The topological polar surface area (TPSA) is 44.4 Å². The number of nitrogens with one attached hydrogen (secondary N) is 2. The number of nitrogens with zero attached hydrogens (tertiary/aromatic N) is 1. The second kappa shape index (κ2) is 5.79. The predicted octanol–water partition coefficient (Wildman–Crippen LogP) is 2.14. The smallest absolute Gasteiger partial charge is 0.255 e. The molecule has 1 aliphatic carbocycles. The zero-order valence-corrected chi connectivity index (χ0v) is 11.4. The van der Waals surface area contributed by atoms with Crippen LogP contribution in [0.5, 0.6) is 0 Å². The highest BCUT2D eigenvalue weighted by molar-refractivity contribution is 5.83. The number of benzene rings is 1. The molecule has 1 aromatic rings. The van der Waals surface area contributed by atoms with Gasteiger partial charge in [0.25, 0.3) is 5.91 Å². The molecule has 5 heteroatoms. The van der Waals surface area contributed by atoms with E-state index in [1.165, 1.54) is 25.0 Å². The Bertz CT molecular complexity index is 473. The number of carbonyl (C=O) groups excluding carboxylic acids is 1. The molecule has 1 amide bonds. The predicted molar refractivity (Wildman–Crippen MR) is 75.5 cm³/mol. The van der Waals surface area contributed by atoms with Gasteiger partial charge in [-0.1, -0.05) is 0 Å². The number of anilines is 1. The third-order valence-corrected chi connectivity index (χ3v) is 4.03. The van der Waals surface area contributed by atoms with Gasteiger partial charge in [-0.2, -0.15) is 0 Å². The summed E-state index contributed by atoms with van der Waals surface area (Å²) < 4.78 is 12.8. The van der Waals surface area contributed by atoms with Gasteiger partial charge >= 0.3 is 0 Å². The van der Waals surface area contributed by atoms with E-state index in [0.29, 0.717) is 5.69 Å². The van der Waals surface area contributed by atoms with Crippen LogP contribution in [0.2, 0.25) is 0 Å². The van der Waals surface area contributed by atoms with Crippen LogP contribution in [0.4, 0.5) is 10.1 Å². The molecule has 0 unspecified atom stereocenters. The van der Waals surface area contributed by atoms with E-state index in [1.54, 1.807) is 12.1 Å². The van der Waals surface area contributed by atoms with Crippen LogP contribution in [0.1, 0.15) is 25.7 Å². The maximum absolute atomic E-state index is 12.8. The van der Waals surface area contributed by atoms with Crippen molar-refractivity contribution in [2.75, 3.05) is 18.5 Å². The Morgan fingerprint density at radius 2 is 2.00 bits per heavy atom. The molecular formula is C15H20FN3O. The van der Waals surface area contributed by atoms with E-state index in [4.69, 9.17) is 0 Å². The molecule has 0 radical (unpaired) electrons. The Morgan fingerprint density at radius 1 is 1.25 bits per heavy atom. The van der Waals surface area contributed by atoms with Gasteiger partial charge in [-0.15, -0.1) is 0 Å². The Morgan fingerprint density at radius 3 is 2.70 bits per heavy atom. The van der Waals surface area contributed by atoms with E-state index in [2.05, 4.69) is 15.8 Å². The number of carbonyl (C=O) groups is 1. The number of hydrazine groups is 1. The molecule has 2 aliphatic rings. The number of likely N-dealkylation sites (tertiary alicyclic amines) is 1. The van der Waals surface area contributed by atoms with Crippen molar-refractivity contribution < 1.29 is 9.18 Å². The molecule has 0 bridgehead atoms. The molecule has 0 spiro atoms. The van der Waals surface area contributed by atoms with Gasteiger partial charge < -0.3 is 0 Å². The lowest BCUT2D eigenvalue weighted by atomic mass is 10.2. The van der Waals surface area contributed by atoms with Crippen LogP contribution in [-0.4, -0.2) is 29.9 Å². The quantitative estimate of drug-likeness (QED) is 0.811. The average Bonchev–Trinajstić information content (AvgIpc) is 3.14. The van der Waals surface area contributed by atoms with Crippen molar-refractivity contribution in [3.05, 3.63) is 30.1 Å². The molecule has 1 atom stereocenters. The lowest BCUT2D eigenvalue weighted by Gasteiger charge is -2.23. The molecule has 1 heterocycles. The summed E-state index contributed by atoms with van der Waals surface area (Å²) >= 11 is 0. The third-order valence-electron chi connectivity index (χ3n) is 4.03. The van der Waals surface area contributed by atoms with Crippen LogP contribution >= 0.6 is 0 Å². The van der Waals surface area contributed by atoms with Crippen molar-refractivity contribution in [3.63, 3.8) is 0 Å². The molecule has 1 saturated heterocycles. The average molecular weight is 277 g/mol. The van der Waals surface area contributed by atoms with Gasteiger partial charge in [-0.05, 0) is 62.4 Å². The number of halogens is 1. The van der Waals surface area contributed by atoms with Gasteiger partial charge in [0, 0.05) is 6.54 Å². The van der Waals surface area contributed by atoms with Crippen molar-refractivity contribution in [1.82, 2.24) is 10.3 Å². The summed E-state index contributed by atoms with van der Waals surface area (Å²) in [6.07, 6.45) is 4.61. The SMILES string of the molecule is O=C(NNc1ccc(F)cc1)[C@@H]1CCCN1CC1CC1. The Balaban J connectivity index is 1.51. The fraction of sp³-hybridized carbons (Fsp3) is 0.533. The van der Waals surface area contributed by atoms with Crippen LogP contribution in [0.15, 0.2) is 24.3 Å². The minimum Gasteiger partial charge on any atom is -0.299 e. The minimum atomic E-state index is -0.284. The van der Waals surface area contributed by atoms with Crippen molar-refractivity contribution in [3.8, 4) is 0 Å². The Labute approximate surface area is 118 Å². The molecule has 1 aliphatic heterocycles. The van der Waals surface area contributed by atoms with Crippen LogP contribution in [-0.2, 0) is 4.79 Å². The zero-order chi connectivity index (χ0) is 13.9. The maximum Gasteiger partial charge on any atom is 0.255 e. The number of rotatable bonds is 5. The molecule has 1 saturated carbocycles. The largest absolute Gasteiger partial charge is 0.299 e. The molecule has 1 aromatic carbocycles. The van der Waals surface area contributed by atoms with Crippen LogP contribution in [0.3, 0.4) is 0 Å². The highest BCUT2D eigenvalue weighted by atomic mass is 19.1. The summed E-state index contributed by atoms with van der Waals surface area (Å²) in [5, 5.41) is 0. The fourth-order valence-electron chi connectivity index (χ4n) is 2.72. The third kappa shape index (κ3) is 3.28. The van der Waals surface area contributed by atoms with Gasteiger partial charge in [-0.25, -0.2) is 4.39 Å². The summed E-state index contributed by atoms with van der Waals surface area (Å²) in [4.78, 5) is 14.5. The summed E-state index contributed by atoms with van der Waals surface area (Å²) in [5.41, 5.74) is 6.26. The van der Waals surface area contributed by atoms with Gasteiger partial charge in [0.2, 0.25) is 0 Å². The first-order chi connectivity index (χ1) is 9.72. The van der Waals surface area contributed by atoms with E-state index in [9.17, 15) is 9.18 Å². The Hall–Kier alpha value is -1.62. The highest BCUT2D eigenvalue weighted by Gasteiger charge is 2.34. The van der Waals surface area contributed by atoms with Gasteiger partial charge in [-0.3, -0.25) is 20.5 Å². The van der Waals surface area contributed by atoms with Crippen LogP contribution in [0.25, 0.3) is 0 Å². The number of hydrogen-bond acceptors (Lipinski definition) is 3. The van der Waals surface area contributed by atoms with Gasteiger partial charge in [0.15, 0.2) is 0 Å². The summed E-state index contributed by atoms with van der Waals surface area (Å²) in [5.74, 6) is 0.522.